The lowest BCUT2D eigenvalue weighted by molar-refractivity contribution is -0.121. The molecule has 2 aromatic carbocycles. The van der Waals surface area contributed by atoms with Crippen molar-refractivity contribution < 1.29 is 4.79 Å². The Kier molecular flexibility index (Phi) is 2.85. The summed E-state index contributed by atoms with van der Waals surface area (Å²) in [6, 6.07) is 12.4. The first-order chi connectivity index (χ1) is 12.5. The highest BCUT2D eigenvalue weighted by atomic mass is 79.9. The molecule has 3 heterocycles. The van der Waals surface area contributed by atoms with Crippen LogP contribution >= 0.6 is 15.9 Å². The van der Waals surface area contributed by atoms with Gasteiger partial charge in [-0.05, 0) is 30.3 Å². The summed E-state index contributed by atoms with van der Waals surface area (Å²) in [4.78, 5) is 34.1. The Labute approximate surface area is 154 Å². The van der Waals surface area contributed by atoms with E-state index >= 15 is 0 Å². The number of guanidine groups is 1. The van der Waals surface area contributed by atoms with Crippen molar-refractivity contribution in [2.45, 2.75) is 5.66 Å². The van der Waals surface area contributed by atoms with E-state index in [4.69, 9.17) is 5.73 Å². The Morgan fingerprint density at radius 2 is 1.92 bits per heavy atom. The van der Waals surface area contributed by atoms with E-state index in [1.54, 1.807) is 34.9 Å². The summed E-state index contributed by atoms with van der Waals surface area (Å²) < 4.78 is 2.41. The lowest BCUT2D eigenvalue weighted by Gasteiger charge is -2.33. The molecule has 1 atom stereocenters. The standard InChI is InChI=1S/C17H11BrN6O2/c18-8-5-6-11-10(7-8)17(14(26)20-11)23-15(19)22-16-21-13(25)9-3-1-2-4-12(9)24(16)17/h1-7H,(H,20,26)(H3,19,21,22,23,25)/t17-/m1/s1. The Morgan fingerprint density at radius 1 is 1.12 bits per heavy atom. The lowest BCUT2D eigenvalue weighted by atomic mass is 9.99. The van der Waals surface area contributed by atoms with Gasteiger partial charge in [0.25, 0.3) is 11.5 Å². The van der Waals surface area contributed by atoms with Crippen molar-refractivity contribution in [2.75, 3.05) is 10.6 Å². The number of hydrogen-bond donors (Lipinski definition) is 3. The number of benzene rings is 2. The number of nitrogens with zero attached hydrogens (tertiary/aromatic N) is 3. The van der Waals surface area contributed by atoms with Crippen LogP contribution in [0, 0.1) is 0 Å². The second-order valence-electron chi connectivity index (χ2n) is 6.03. The number of hydrogen-bond acceptors (Lipinski definition) is 6. The number of fused-ring (bicyclic) bond motifs is 6. The molecule has 4 N–H and O–H groups in total. The van der Waals surface area contributed by atoms with Gasteiger partial charge in [0, 0.05) is 15.7 Å². The number of aliphatic imine (C=N–C) groups is 1. The predicted octanol–water partition coefficient (Wildman–Crippen LogP) is 1.55. The summed E-state index contributed by atoms with van der Waals surface area (Å²) >= 11 is 3.44. The molecular formula is C17H11BrN6O2. The number of nitrogens with two attached hydrogens (primary N) is 1. The van der Waals surface area contributed by atoms with Crippen LogP contribution in [-0.4, -0.2) is 21.4 Å². The Morgan fingerprint density at radius 3 is 2.77 bits per heavy atom. The van der Waals surface area contributed by atoms with Crippen LogP contribution in [0.5, 0.6) is 0 Å². The molecule has 26 heavy (non-hydrogen) atoms. The number of aromatic nitrogens is 2. The van der Waals surface area contributed by atoms with E-state index < -0.39 is 11.2 Å². The molecule has 0 radical (unpaired) electrons. The fourth-order valence-corrected chi connectivity index (χ4v) is 3.89. The first kappa shape index (κ1) is 15.1. The molecule has 3 aromatic rings. The monoisotopic (exact) mass is 410 g/mol. The van der Waals surface area contributed by atoms with Crippen LogP contribution in [0.25, 0.3) is 10.9 Å². The summed E-state index contributed by atoms with van der Waals surface area (Å²) in [6.07, 6.45) is 0. The number of halogens is 1. The normalized spacial score (nSPS) is 20.3. The number of anilines is 2. The minimum absolute atomic E-state index is 0.00940. The molecule has 8 nitrogen and oxygen atoms in total. The van der Waals surface area contributed by atoms with Gasteiger partial charge >= 0.3 is 0 Å². The zero-order chi connectivity index (χ0) is 18.1. The van der Waals surface area contributed by atoms with E-state index in [1.807, 2.05) is 12.1 Å². The van der Waals surface area contributed by atoms with Gasteiger partial charge in [0.1, 0.15) is 0 Å². The third-order valence-corrected chi connectivity index (χ3v) is 5.06. The maximum atomic E-state index is 13.1. The van der Waals surface area contributed by atoms with Crippen LogP contribution in [0.15, 0.2) is 56.7 Å². The van der Waals surface area contributed by atoms with Gasteiger partial charge in [-0.2, -0.15) is 4.98 Å². The lowest BCUT2D eigenvalue weighted by Crippen LogP contribution is -2.49. The number of amides is 1. The number of nitrogens with one attached hydrogen (secondary N) is 2. The van der Waals surface area contributed by atoms with Gasteiger partial charge in [-0.15, -0.1) is 0 Å². The number of carbonyl (C=O) groups excluding carboxylic acids is 1. The largest absolute Gasteiger partial charge is 0.370 e. The fraction of sp³-hybridized carbons (Fsp3) is 0.0588. The van der Waals surface area contributed by atoms with Gasteiger partial charge < -0.3 is 11.1 Å². The molecule has 0 saturated carbocycles. The predicted molar refractivity (Wildman–Crippen MR) is 101 cm³/mol. The Hall–Kier alpha value is -3.20. The van der Waals surface area contributed by atoms with Crippen molar-refractivity contribution in [3.8, 4) is 0 Å². The minimum atomic E-state index is -1.48. The van der Waals surface area contributed by atoms with Crippen molar-refractivity contribution >= 4 is 50.3 Å². The Balaban J connectivity index is 1.99. The molecule has 128 valence electrons. The van der Waals surface area contributed by atoms with Gasteiger partial charge in [-0.1, -0.05) is 28.1 Å². The maximum absolute atomic E-state index is 13.1. The van der Waals surface area contributed by atoms with Gasteiger partial charge in [-0.25, -0.2) is 4.99 Å². The van der Waals surface area contributed by atoms with Crippen LogP contribution in [0.1, 0.15) is 5.56 Å². The highest BCUT2D eigenvalue weighted by Crippen LogP contribution is 2.45. The van der Waals surface area contributed by atoms with E-state index in [9.17, 15) is 9.59 Å². The zero-order valence-electron chi connectivity index (χ0n) is 13.2. The molecule has 9 heteroatoms. The molecule has 0 fully saturated rings. The quantitative estimate of drug-likeness (QED) is 0.520. The molecule has 2 aliphatic heterocycles. The first-order valence-corrected chi connectivity index (χ1v) is 8.56. The summed E-state index contributed by atoms with van der Waals surface area (Å²) in [5.74, 6) is -0.189. The zero-order valence-corrected chi connectivity index (χ0v) is 14.7. The van der Waals surface area contributed by atoms with Crippen LogP contribution in [0.3, 0.4) is 0 Å². The van der Waals surface area contributed by atoms with Crippen LogP contribution < -0.4 is 21.9 Å². The molecule has 1 spiro atoms. The number of para-hydroxylation sites is 1. The van der Waals surface area contributed by atoms with Crippen molar-refractivity contribution in [1.29, 1.82) is 0 Å². The van der Waals surface area contributed by atoms with Gasteiger partial charge in [-0.3, -0.25) is 19.5 Å². The molecule has 0 aliphatic carbocycles. The fourth-order valence-electron chi connectivity index (χ4n) is 3.53. The van der Waals surface area contributed by atoms with Crippen molar-refractivity contribution in [3.05, 3.63) is 62.9 Å². The number of carbonyl (C=O) groups is 1. The molecule has 0 saturated heterocycles. The van der Waals surface area contributed by atoms with Crippen molar-refractivity contribution in [3.63, 3.8) is 0 Å². The summed E-state index contributed by atoms with van der Waals surface area (Å²) in [6.45, 7) is 0. The third kappa shape index (κ3) is 1.77. The van der Waals surface area contributed by atoms with E-state index in [0.29, 0.717) is 22.2 Å². The Bertz CT molecular complexity index is 1220. The highest BCUT2D eigenvalue weighted by molar-refractivity contribution is 9.10. The van der Waals surface area contributed by atoms with Crippen molar-refractivity contribution in [2.24, 2.45) is 10.7 Å². The van der Waals surface area contributed by atoms with Crippen LogP contribution in [-0.2, 0) is 10.5 Å². The van der Waals surface area contributed by atoms with E-state index in [2.05, 4.69) is 36.5 Å². The van der Waals surface area contributed by atoms with Gasteiger partial charge in [0.15, 0.2) is 5.96 Å². The van der Waals surface area contributed by atoms with Crippen molar-refractivity contribution in [1.82, 2.24) is 9.55 Å². The van der Waals surface area contributed by atoms with E-state index in [-0.39, 0.29) is 17.8 Å². The van der Waals surface area contributed by atoms with Crippen LogP contribution in [0.2, 0.25) is 0 Å². The second-order valence-corrected chi connectivity index (χ2v) is 6.95. The van der Waals surface area contributed by atoms with Gasteiger partial charge in [0.2, 0.25) is 11.6 Å². The topological polar surface area (TPSA) is 114 Å². The van der Waals surface area contributed by atoms with Gasteiger partial charge in [0.05, 0.1) is 10.9 Å². The van der Waals surface area contributed by atoms with Crippen LogP contribution in [0.4, 0.5) is 11.6 Å². The first-order valence-electron chi connectivity index (χ1n) is 7.77. The average molecular weight is 411 g/mol. The average Bonchev–Trinajstić information content (AvgIpc) is 2.87. The molecule has 1 aromatic heterocycles. The second kappa shape index (κ2) is 4.92. The summed E-state index contributed by atoms with van der Waals surface area (Å²) in [7, 11) is 0. The highest BCUT2D eigenvalue weighted by Gasteiger charge is 2.52. The summed E-state index contributed by atoms with van der Waals surface area (Å²) in [5, 5.41) is 6.04. The van der Waals surface area contributed by atoms with E-state index in [0.717, 1.165) is 4.47 Å². The molecule has 0 bridgehead atoms. The van der Waals surface area contributed by atoms with E-state index in [1.165, 1.54) is 0 Å². The molecule has 5 rings (SSSR count). The third-order valence-electron chi connectivity index (χ3n) is 4.56. The minimum Gasteiger partial charge on any atom is -0.370 e. The SMILES string of the molecule is NC1=N[C@@]2(C(=O)Nc3ccc(Br)cc32)n2c(nc(=O)c3ccccc32)N1. The number of rotatable bonds is 0. The molecule has 2 aliphatic rings. The summed E-state index contributed by atoms with van der Waals surface area (Å²) in [5.41, 5.74) is 5.85. The smallest absolute Gasteiger partial charge is 0.282 e. The maximum Gasteiger partial charge on any atom is 0.282 e. The molecule has 0 unspecified atom stereocenters. The molecular weight excluding hydrogens is 400 g/mol. The molecule has 1 amide bonds.